The fraction of sp³-hybridized carbons (Fsp3) is 0. The molecular weight excluding hydrogens is 190 g/mol. The minimum absolute atomic E-state index is 0. The van der Waals surface area contributed by atoms with Crippen LogP contribution in [-0.2, 0) is 10.4 Å². The summed E-state index contributed by atoms with van der Waals surface area (Å²) in [5.41, 5.74) is 0. The SMILES string of the molecule is O=S(=O)(O)O[n+]1cncnc1.[OH-]. The Morgan fingerprint density at radius 3 is 2.25 bits per heavy atom. The van der Waals surface area contributed by atoms with Gasteiger partial charge in [0.25, 0.3) is 19.0 Å². The molecule has 0 fully saturated rings. The molecule has 0 atom stereocenters. The Labute approximate surface area is 67.7 Å². The van der Waals surface area contributed by atoms with Gasteiger partial charge in [-0.1, -0.05) is 9.97 Å². The molecule has 0 aliphatic heterocycles. The summed E-state index contributed by atoms with van der Waals surface area (Å²) < 4.78 is 32.8. The number of aromatic nitrogens is 3. The topological polar surface area (TPSA) is 123 Å². The van der Waals surface area contributed by atoms with Crippen LogP contribution in [0.3, 0.4) is 0 Å². The van der Waals surface area contributed by atoms with E-state index in [1.807, 2.05) is 0 Å². The van der Waals surface area contributed by atoms with Crippen molar-refractivity contribution in [1.29, 1.82) is 0 Å². The van der Waals surface area contributed by atoms with E-state index in [4.69, 9.17) is 4.55 Å². The predicted octanol–water partition coefficient (Wildman–Crippen LogP) is -2.18. The first kappa shape index (κ1) is 10.7. The Morgan fingerprint density at radius 2 is 1.83 bits per heavy atom. The van der Waals surface area contributed by atoms with Gasteiger partial charge in [0, 0.05) is 0 Å². The van der Waals surface area contributed by atoms with Crippen molar-refractivity contribution >= 4 is 10.4 Å². The van der Waals surface area contributed by atoms with E-state index in [1.54, 1.807) is 0 Å². The molecule has 0 saturated carbocycles. The van der Waals surface area contributed by atoms with Gasteiger partial charge in [0.2, 0.25) is 0 Å². The standard InChI is InChI=1S/C3H3N3O4S.H2O/c7-11(8,9)10-6-2-4-1-5-3-6;/h1-3H;1H2. The highest BCUT2D eigenvalue weighted by molar-refractivity contribution is 7.80. The molecule has 0 unspecified atom stereocenters. The molecule has 1 heterocycles. The molecule has 0 aliphatic carbocycles. The van der Waals surface area contributed by atoms with Crippen molar-refractivity contribution in [3.63, 3.8) is 0 Å². The highest BCUT2D eigenvalue weighted by Crippen LogP contribution is 1.70. The zero-order valence-electron chi connectivity index (χ0n) is 5.60. The summed E-state index contributed by atoms with van der Waals surface area (Å²) >= 11 is 0. The molecule has 8 nitrogen and oxygen atoms in total. The summed E-state index contributed by atoms with van der Waals surface area (Å²) in [7, 11) is -4.49. The summed E-state index contributed by atoms with van der Waals surface area (Å²) in [4.78, 5) is 6.84. The summed E-state index contributed by atoms with van der Waals surface area (Å²) in [6, 6.07) is 0. The highest BCUT2D eigenvalue weighted by atomic mass is 32.3. The normalized spacial score (nSPS) is 10.1. The molecule has 0 aliphatic rings. The second kappa shape index (κ2) is 3.90. The smallest absolute Gasteiger partial charge is 0.476 e. The molecule has 1 aromatic heterocycles. The molecule has 0 spiro atoms. The van der Waals surface area contributed by atoms with Crippen LogP contribution in [0, 0.1) is 0 Å². The zero-order chi connectivity index (χ0) is 8.32. The maximum atomic E-state index is 10.1. The lowest BCUT2D eigenvalue weighted by molar-refractivity contribution is -0.861. The van der Waals surface area contributed by atoms with Crippen LogP contribution >= 0.6 is 0 Å². The molecule has 1 aromatic rings. The second-order valence-electron chi connectivity index (χ2n) is 1.51. The van der Waals surface area contributed by atoms with Gasteiger partial charge in [-0.3, -0.25) is 4.55 Å². The van der Waals surface area contributed by atoms with Crippen molar-refractivity contribution < 1.29 is 27.5 Å². The van der Waals surface area contributed by atoms with Gasteiger partial charge in [0.05, 0.1) is 0 Å². The van der Waals surface area contributed by atoms with Crippen molar-refractivity contribution in [3.05, 3.63) is 19.0 Å². The van der Waals surface area contributed by atoms with E-state index in [9.17, 15) is 8.42 Å². The third-order valence-electron chi connectivity index (χ3n) is 0.675. The molecule has 12 heavy (non-hydrogen) atoms. The average molecular weight is 195 g/mol. The third-order valence-corrected chi connectivity index (χ3v) is 1.04. The molecule has 0 bridgehead atoms. The van der Waals surface area contributed by atoms with Gasteiger partial charge in [-0.2, -0.15) is 8.42 Å². The molecule has 0 saturated heterocycles. The van der Waals surface area contributed by atoms with Crippen LogP contribution in [0.5, 0.6) is 0 Å². The highest BCUT2D eigenvalue weighted by Gasteiger charge is 2.08. The summed E-state index contributed by atoms with van der Waals surface area (Å²) in [6.45, 7) is 0. The van der Waals surface area contributed by atoms with E-state index in [0.717, 1.165) is 12.7 Å². The number of rotatable bonds is 2. The van der Waals surface area contributed by atoms with Gasteiger partial charge < -0.3 is 5.48 Å². The largest absolute Gasteiger partial charge is 0.870 e. The maximum Gasteiger partial charge on any atom is 0.476 e. The van der Waals surface area contributed by atoms with Crippen molar-refractivity contribution in [3.8, 4) is 0 Å². The second-order valence-corrected chi connectivity index (χ2v) is 2.51. The number of nitrogens with zero attached hydrogens (tertiary/aromatic N) is 3. The maximum absolute atomic E-state index is 10.1. The quantitative estimate of drug-likeness (QED) is 0.420. The van der Waals surface area contributed by atoms with Crippen LogP contribution in [0.4, 0.5) is 0 Å². The fourth-order valence-electron chi connectivity index (χ4n) is 0.407. The van der Waals surface area contributed by atoms with Gasteiger partial charge in [0.15, 0.2) is 0 Å². The van der Waals surface area contributed by atoms with Crippen LogP contribution in [-0.4, -0.2) is 28.4 Å². The van der Waals surface area contributed by atoms with Crippen LogP contribution in [0.15, 0.2) is 19.0 Å². The van der Waals surface area contributed by atoms with Crippen molar-refractivity contribution in [2.75, 3.05) is 0 Å². The third kappa shape index (κ3) is 3.75. The lowest BCUT2D eigenvalue weighted by Crippen LogP contribution is -2.45. The Balaban J connectivity index is 0.00000121. The average Bonchev–Trinajstić information content (AvgIpc) is 1.85. The molecule has 0 amide bonds. The molecule has 68 valence electrons. The van der Waals surface area contributed by atoms with Crippen molar-refractivity contribution in [1.82, 2.24) is 9.97 Å². The van der Waals surface area contributed by atoms with E-state index in [-0.39, 0.29) is 5.48 Å². The molecule has 9 heteroatoms. The van der Waals surface area contributed by atoms with Gasteiger partial charge in [-0.15, -0.1) is 0 Å². The van der Waals surface area contributed by atoms with Gasteiger partial charge in [-0.05, 0) is 4.73 Å². The number of hydrogen-bond acceptors (Lipinski definition) is 6. The molecule has 2 N–H and O–H groups in total. The van der Waals surface area contributed by atoms with Crippen molar-refractivity contribution in [2.24, 2.45) is 0 Å². The van der Waals surface area contributed by atoms with E-state index in [2.05, 4.69) is 14.3 Å². The summed E-state index contributed by atoms with van der Waals surface area (Å²) in [5.74, 6) is 0. The zero-order valence-corrected chi connectivity index (χ0v) is 6.42. The fourth-order valence-corrected chi connectivity index (χ4v) is 0.701. The Morgan fingerprint density at radius 1 is 1.33 bits per heavy atom. The molecular formula is C3H5N3O5S. The van der Waals surface area contributed by atoms with Crippen molar-refractivity contribution in [2.45, 2.75) is 0 Å². The van der Waals surface area contributed by atoms with Crippen LogP contribution < -0.4 is 9.01 Å². The van der Waals surface area contributed by atoms with Gasteiger partial charge in [-0.25, -0.2) is 4.28 Å². The van der Waals surface area contributed by atoms with Crippen LogP contribution in [0.25, 0.3) is 0 Å². The van der Waals surface area contributed by atoms with E-state index >= 15 is 0 Å². The monoisotopic (exact) mass is 195 g/mol. The molecule has 0 radical (unpaired) electrons. The summed E-state index contributed by atoms with van der Waals surface area (Å²) in [6.07, 6.45) is 3.24. The first-order valence-electron chi connectivity index (χ1n) is 2.41. The molecule has 1 rings (SSSR count). The van der Waals surface area contributed by atoms with Crippen LogP contribution in [0.1, 0.15) is 0 Å². The first-order chi connectivity index (χ1) is 5.08. The first-order valence-corrected chi connectivity index (χ1v) is 3.78. The van der Waals surface area contributed by atoms with Gasteiger partial charge in [0.1, 0.15) is 0 Å². The minimum Gasteiger partial charge on any atom is -0.870 e. The Hall–Kier alpha value is -1.32. The van der Waals surface area contributed by atoms with E-state index in [0.29, 0.717) is 4.73 Å². The lowest BCUT2D eigenvalue weighted by Gasteiger charge is -1.93. The number of hydrogen-bond donors (Lipinski definition) is 1. The Kier molecular flexibility index (Phi) is 3.47. The lowest BCUT2D eigenvalue weighted by atomic mass is 11.1. The van der Waals surface area contributed by atoms with Gasteiger partial charge >= 0.3 is 10.4 Å². The summed E-state index contributed by atoms with van der Waals surface area (Å²) in [5, 5.41) is 0. The van der Waals surface area contributed by atoms with Crippen LogP contribution in [0.2, 0.25) is 0 Å². The van der Waals surface area contributed by atoms with E-state index < -0.39 is 10.4 Å². The minimum atomic E-state index is -4.49. The predicted molar refractivity (Wildman–Crippen MR) is 32.3 cm³/mol. The Bertz CT molecular complexity index is 323. The molecule has 0 aromatic carbocycles. The van der Waals surface area contributed by atoms with E-state index in [1.165, 1.54) is 6.33 Å².